The molecule has 112 valence electrons. The van der Waals surface area contributed by atoms with Crippen molar-refractivity contribution in [1.82, 2.24) is 4.98 Å². The Bertz CT molecular complexity index is 506. The van der Waals surface area contributed by atoms with Crippen molar-refractivity contribution >= 4 is 28.6 Å². The van der Waals surface area contributed by atoms with Crippen LogP contribution in [0.1, 0.15) is 17.7 Å². The predicted octanol–water partition coefficient (Wildman–Crippen LogP) is 3.24. The van der Waals surface area contributed by atoms with Gasteiger partial charge in [0.2, 0.25) is 0 Å². The van der Waals surface area contributed by atoms with Crippen LogP contribution in [0, 0.1) is 3.57 Å². The summed E-state index contributed by atoms with van der Waals surface area (Å²) < 4.78 is 69.6. The van der Waals surface area contributed by atoms with Crippen LogP contribution in [-0.2, 0) is 16.0 Å². The topological polar surface area (TPSA) is 48.4 Å². The van der Waals surface area contributed by atoms with E-state index in [0.29, 0.717) is 6.20 Å². The fraction of sp³-hybridized carbons (Fsp3) is 0.400. The lowest BCUT2D eigenvalue weighted by Crippen LogP contribution is -2.19. The van der Waals surface area contributed by atoms with Crippen LogP contribution in [0.25, 0.3) is 0 Å². The number of ether oxygens (including phenoxy) is 2. The molecule has 0 aliphatic carbocycles. The number of alkyl halides is 5. The monoisotopic (exact) mass is 411 g/mol. The molecule has 0 fully saturated rings. The van der Waals surface area contributed by atoms with Crippen molar-refractivity contribution in [3.05, 3.63) is 21.0 Å². The molecule has 0 aliphatic heterocycles. The number of carbonyl (C=O) groups is 1. The zero-order valence-electron chi connectivity index (χ0n) is 9.80. The van der Waals surface area contributed by atoms with Gasteiger partial charge < -0.3 is 9.47 Å². The Kier molecular flexibility index (Phi) is 5.48. The first-order valence-corrected chi connectivity index (χ1v) is 6.01. The predicted molar refractivity (Wildman–Crippen MR) is 64.3 cm³/mol. The molecule has 4 nitrogen and oxygen atoms in total. The van der Waals surface area contributed by atoms with Crippen LogP contribution in [0.3, 0.4) is 0 Å². The van der Waals surface area contributed by atoms with Crippen molar-refractivity contribution in [1.29, 1.82) is 0 Å². The Morgan fingerprint density at radius 2 is 2.05 bits per heavy atom. The first-order chi connectivity index (χ1) is 9.15. The second kappa shape index (κ2) is 6.50. The van der Waals surface area contributed by atoms with Gasteiger partial charge in [0.15, 0.2) is 5.75 Å². The van der Waals surface area contributed by atoms with Crippen LogP contribution in [0.5, 0.6) is 5.75 Å². The number of nitrogens with zero attached hydrogens (tertiary/aromatic N) is 1. The first kappa shape index (κ1) is 16.9. The summed E-state index contributed by atoms with van der Waals surface area (Å²) in [6, 6.07) is 0. The second-order valence-corrected chi connectivity index (χ2v) is 4.48. The third-order valence-corrected chi connectivity index (χ3v) is 3.28. The van der Waals surface area contributed by atoms with Gasteiger partial charge in [-0.15, -0.1) is 13.2 Å². The lowest BCUT2D eigenvalue weighted by atomic mass is 10.2. The first-order valence-electron chi connectivity index (χ1n) is 4.93. The normalized spacial score (nSPS) is 11.6. The van der Waals surface area contributed by atoms with Gasteiger partial charge in [-0.05, 0) is 22.6 Å². The van der Waals surface area contributed by atoms with Crippen LogP contribution in [0.2, 0.25) is 0 Å². The van der Waals surface area contributed by atoms with E-state index in [1.165, 1.54) is 22.6 Å². The molecule has 0 N–H and O–H groups in total. The Labute approximate surface area is 123 Å². The van der Waals surface area contributed by atoms with Gasteiger partial charge in [0, 0.05) is 3.57 Å². The zero-order chi connectivity index (χ0) is 15.5. The number of aromatic nitrogens is 1. The molecule has 0 saturated carbocycles. The lowest BCUT2D eigenvalue weighted by molar-refractivity contribution is -0.275. The highest BCUT2D eigenvalue weighted by atomic mass is 127. The minimum absolute atomic E-state index is 0.109. The molecule has 10 heteroatoms. The van der Waals surface area contributed by atoms with Crippen molar-refractivity contribution in [3.8, 4) is 5.75 Å². The fourth-order valence-corrected chi connectivity index (χ4v) is 2.10. The molecule has 0 unspecified atom stereocenters. The third kappa shape index (κ3) is 4.42. The molecule has 0 aliphatic rings. The minimum Gasteiger partial charge on any atom is -0.469 e. The molecule has 0 saturated heterocycles. The Morgan fingerprint density at radius 1 is 1.45 bits per heavy atom. The zero-order valence-corrected chi connectivity index (χ0v) is 12.0. The number of esters is 1. The molecule has 1 rings (SSSR count). The molecule has 0 bridgehead atoms. The summed E-state index contributed by atoms with van der Waals surface area (Å²) in [5.74, 6) is -1.84. The summed E-state index contributed by atoms with van der Waals surface area (Å²) in [5.41, 5.74) is -1.07. The van der Waals surface area contributed by atoms with Crippen molar-refractivity contribution < 1.29 is 36.2 Å². The van der Waals surface area contributed by atoms with Crippen molar-refractivity contribution in [3.63, 3.8) is 0 Å². The van der Waals surface area contributed by atoms with E-state index < -0.39 is 36.5 Å². The average molecular weight is 411 g/mol. The van der Waals surface area contributed by atoms with Crippen LogP contribution < -0.4 is 4.74 Å². The van der Waals surface area contributed by atoms with E-state index >= 15 is 0 Å². The molecular weight excluding hydrogens is 404 g/mol. The van der Waals surface area contributed by atoms with Gasteiger partial charge in [-0.25, -0.2) is 8.78 Å². The Hall–Kier alpha value is -1.20. The second-order valence-electron chi connectivity index (χ2n) is 3.40. The number of methoxy groups -OCH3 is 1. The van der Waals surface area contributed by atoms with E-state index in [1.54, 1.807) is 0 Å². The highest BCUT2D eigenvalue weighted by Crippen LogP contribution is 2.36. The Balaban J connectivity index is 3.23. The summed E-state index contributed by atoms with van der Waals surface area (Å²) in [7, 11) is 1.09. The maximum atomic E-state index is 12.9. The molecule has 0 amide bonds. The molecular formula is C10H7F5INO3. The molecule has 1 aromatic heterocycles. The van der Waals surface area contributed by atoms with Gasteiger partial charge in [-0.2, -0.15) is 0 Å². The molecule has 0 spiro atoms. The molecule has 0 aromatic carbocycles. The third-order valence-electron chi connectivity index (χ3n) is 2.08. The van der Waals surface area contributed by atoms with E-state index in [9.17, 15) is 26.7 Å². The van der Waals surface area contributed by atoms with Crippen molar-refractivity contribution in [2.45, 2.75) is 19.2 Å². The van der Waals surface area contributed by atoms with Gasteiger partial charge in [-0.3, -0.25) is 9.78 Å². The van der Waals surface area contributed by atoms with E-state index in [-0.39, 0.29) is 9.26 Å². The van der Waals surface area contributed by atoms with Crippen LogP contribution in [-0.4, -0.2) is 24.4 Å². The molecule has 0 radical (unpaired) electrons. The van der Waals surface area contributed by atoms with Gasteiger partial charge >= 0.3 is 12.3 Å². The summed E-state index contributed by atoms with van der Waals surface area (Å²) in [6.07, 6.45) is -8.24. The molecule has 20 heavy (non-hydrogen) atoms. The van der Waals surface area contributed by atoms with Gasteiger partial charge in [0.1, 0.15) is 0 Å². The van der Waals surface area contributed by atoms with E-state index in [0.717, 1.165) is 7.11 Å². The standard InChI is InChI=1S/C10H7F5INO3/c1-19-6(18)2-4-8(16)7(9(11)12)5(3-17-4)20-10(13,14)15/h3,9H,2H2,1H3. The molecule has 0 atom stereocenters. The van der Waals surface area contributed by atoms with E-state index in [2.05, 4.69) is 14.5 Å². The largest absolute Gasteiger partial charge is 0.573 e. The fourth-order valence-electron chi connectivity index (χ4n) is 1.27. The maximum absolute atomic E-state index is 12.9. The number of hydrogen-bond acceptors (Lipinski definition) is 4. The van der Waals surface area contributed by atoms with Crippen LogP contribution >= 0.6 is 22.6 Å². The highest BCUT2D eigenvalue weighted by Gasteiger charge is 2.34. The number of pyridine rings is 1. The number of hydrogen-bond donors (Lipinski definition) is 0. The summed E-state index contributed by atoms with van der Waals surface area (Å²) in [5, 5.41) is 0. The number of carbonyl (C=O) groups excluding carboxylic acids is 1. The smallest absolute Gasteiger partial charge is 0.469 e. The summed E-state index contributed by atoms with van der Waals surface area (Å²) in [4.78, 5) is 14.6. The lowest BCUT2D eigenvalue weighted by Gasteiger charge is -2.15. The van der Waals surface area contributed by atoms with Crippen molar-refractivity contribution in [2.24, 2.45) is 0 Å². The Morgan fingerprint density at radius 3 is 2.50 bits per heavy atom. The van der Waals surface area contributed by atoms with Gasteiger partial charge in [0.25, 0.3) is 6.43 Å². The molecule has 1 heterocycles. The number of halogens is 6. The van der Waals surface area contributed by atoms with Gasteiger partial charge in [0.05, 0.1) is 31.0 Å². The van der Waals surface area contributed by atoms with Crippen LogP contribution in [0.4, 0.5) is 22.0 Å². The summed E-state index contributed by atoms with van der Waals surface area (Å²) in [6.45, 7) is 0. The van der Waals surface area contributed by atoms with Crippen molar-refractivity contribution in [2.75, 3.05) is 7.11 Å². The minimum atomic E-state index is -5.11. The highest BCUT2D eigenvalue weighted by molar-refractivity contribution is 14.1. The van der Waals surface area contributed by atoms with E-state index in [4.69, 9.17) is 0 Å². The number of rotatable bonds is 4. The average Bonchev–Trinajstić information content (AvgIpc) is 2.30. The quantitative estimate of drug-likeness (QED) is 0.434. The van der Waals surface area contributed by atoms with Crippen LogP contribution in [0.15, 0.2) is 6.20 Å². The summed E-state index contributed by atoms with van der Waals surface area (Å²) >= 11 is 1.39. The van der Waals surface area contributed by atoms with E-state index in [1.807, 2.05) is 0 Å². The maximum Gasteiger partial charge on any atom is 0.573 e. The van der Waals surface area contributed by atoms with Gasteiger partial charge in [-0.1, -0.05) is 0 Å². The molecule has 1 aromatic rings. The SMILES string of the molecule is COC(=O)Cc1ncc(OC(F)(F)F)c(C(F)F)c1I.